The molecule has 0 radical (unpaired) electrons. The first kappa shape index (κ1) is 20.3. The van der Waals surface area contributed by atoms with Crippen LogP contribution in [-0.2, 0) is 12.8 Å². The second-order valence-corrected chi connectivity index (χ2v) is 6.53. The van der Waals surface area contributed by atoms with Gasteiger partial charge in [0.05, 0.1) is 14.2 Å². The smallest absolute Gasteiger partial charge is 0.409 e. The van der Waals surface area contributed by atoms with Gasteiger partial charge in [0.2, 0.25) is 5.69 Å². The predicted octanol–water partition coefficient (Wildman–Crippen LogP) is 1.20. The summed E-state index contributed by atoms with van der Waals surface area (Å²) in [7, 11) is 2.87. The summed E-state index contributed by atoms with van der Waals surface area (Å²) in [5.74, 6) is 0.0492. The molecule has 1 amide bonds. The number of methoxy groups -OCH3 is 2. The van der Waals surface area contributed by atoms with Crippen LogP contribution in [0, 0.1) is 11.1 Å². The Morgan fingerprint density at radius 3 is 2.67 bits per heavy atom. The zero-order valence-electron chi connectivity index (χ0n) is 16.0. The molecule has 0 atom stereocenters. The molecule has 2 rings (SSSR count). The summed E-state index contributed by atoms with van der Waals surface area (Å²) in [5, 5.41) is 15.1. The Bertz CT molecular complexity index is 861. The molecule has 8 nitrogen and oxygen atoms in total. The van der Waals surface area contributed by atoms with Gasteiger partial charge in [-0.1, -0.05) is 26.0 Å². The van der Waals surface area contributed by atoms with Crippen LogP contribution < -0.4 is 25.1 Å². The van der Waals surface area contributed by atoms with E-state index in [4.69, 9.17) is 9.47 Å². The zero-order chi connectivity index (χ0) is 20.0. The molecule has 0 unspecified atom stereocenters. The van der Waals surface area contributed by atoms with Crippen LogP contribution in [0.5, 0.6) is 11.6 Å². The van der Waals surface area contributed by atoms with Gasteiger partial charge >= 0.3 is 11.4 Å². The third-order valence-corrected chi connectivity index (χ3v) is 4.00. The highest BCUT2D eigenvalue weighted by molar-refractivity contribution is 5.93. The Morgan fingerprint density at radius 1 is 1.30 bits per heavy atom. The molecule has 0 saturated carbocycles. The number of aromatic amines is 1. The van der Waals surface area contributed by atoms with E-state index in [0.29, 0.717) is 17.7 Å². The van der Waals surface area contributed by atoms with E-state index in [9.17, 15) is 14.8 Å². The number of nitrogens with zero attached hydrogens (tertiary/aromatic N) is 1. The molecule has 0 fully saturated rings. The molecule has 0 aliphatic rings. The van der Waals surface area contributed by atoms with Gasteiger partial charge in [0, 0.05) is 13.0 Å². The Kier molecular flexibility index (Phi) is 6.81. The van der Waals surface area contributed by atoms with Crippen LogP contribution in [0.1, 0.15) is 35.6 Å². The molecule has 1 aromatic heterocycles. The van der Waals surface area contributed by atoms with Gasteiger partial charge in [-0.15, -0.1) is 4.73 Å². The fourth-order valence-corrected chi connectivity index (χ4v) is 2.69. The standard InChI is InChI=1S/C19H25N3O5/c1-12(2)10-15-17(23)21-16(19(27-4)22(15)25)18(24)20-9-8-13-6-5-7-14(11-13)26-3/h5-7,11-12H,8-10H2,1-4H3,(H,20,24)(H,21,23). The van der Waals surface area contributed by atoms with Crippen LogP contribution in [0.2, 0.25) is 0 Å². The van der Waals surface area contributed by atoms with Gasteiger partial charge in [-0.25, -0.2) is 0 Å². The average molecular weight is 375 g/mol. The molecular weight excluding hydrogens is 350 g/mol. The van der Waals surface area contributed by atoms with Crippen molar-refractivity contribution in [2.45, 2.75) is 26.7 Å². The molecule has 146 valence electrons. The monoisotopic (exact) mass is 375 g/mol. The van der Waals surface area contributed by atoms with Crippen LogP contribution >= 0.6 is 0 Å². The van der Waals surface area contributed by atoms with Crippen molar-refractivity contribution < 1.29 is 19.0 Å². The minimum absolute atomic E-state index is 0.0229. The lowest BCUT2D eigenvalue weighted by Gasteiger charge is -2.12. The molecule has 27 heavy (non-hydrogen) atoms. The van der Waals surface area contributed by atoms with E-state index in [2.05, 4.69) is 10.3 Å². The number of benzene rings is 1. The minimum Gasteiger partial charge on any atom is -0.616 e. The number of hydrogen-bond donors (Lipinski definition) is 2. The summed E-state index contributed by atoms with van der Waals surface area (Å²) in [5.41, 5.74) is 0.240. The summed E-state index contributed by atoms with van der Waals surface area (Å²) in [6.07, 6.45) is 0.852. The average Bonchev–Trinajstić information content (AvgIpc) is 2.64. The maximum atomic E-state index is 12.4. The highest BCUT2D eigenvalue weighted by atomic mass is 16.5. The van der Waals surface area contributed by atoms with Crippen LogP contribution in [-0.4, -0.2) is 31.7 Å². The molecule has 0 bridgehead atoms. The van der Waals surface area contributed by atoms with Gasteiger partial charge in [0.1, 0.15) is 5.75 Å². The SMILES string of the molecule is COc1cccc(CCNC(=O)c2[nH]c(=O)c(CC(C)C)[n+]([O-])c2OC)c1. The van der Waals surface area contributed by atoms with Gasteiger partial charge in [-0.05, 0) is 30.0 Å². The van der Waals surface area contributed by atoms with Crippen LogP contribution in [0.4, 0.5) is 0 Å². The lowest BCUT2D eigenvalue weighted by atomic mass is 10.1. The molecule has 0 saturated heterocycles. The van der Waals surface area contributed by atoms with E-state index >= 15 is 0 Å². The highest BCUT2D eigenvalue weighted by Gasteiger charge is 2.27. The van der Waals surface area contributed by atoms with Crippen LogP contribution in [0.15, 0.2) is 29.1 Å². The zero-order valence-corrected chi connectivity index (χ0v) is 16.0. The van der Waals surface area contributed by atoms with Gasteiger partial charge in [-0.2, -0.15) is 0 Å². The van der Waals surface area contributed by atoms with Crippen molar-refractivity contribution in [1.82, 2.24) is 10.3 Å². The number of carbonyl (C=O) groups is 1. The van der Waals surface area contributed by atoms with Crippen molar-refractivity contribution in [3.63, 3.8) is 0 Å². The van der Waals surface area contributed by atoms with Crippen molar-refractivity contribution >= 4 is 5.91 Å². The van der Waals surface area contributed by atoms with E-state index in [1.165, 1.54) is 7.11 Å². The fourth-order valence-electron chi connectivity index (χ4n) is 2.69. The quantitative estimate of drug-likeness (QED) is 0.532. The van der Waals surface area contributed by atoms with Crippen molar-refractivity contribution in [3.05, 3.63) is 56.8 Å². The second kappa shape index (κ2) is 9.07. The van der Waals surface area contributed by atoms with Crippen molar-refractivity contribution in [1.29, 1.82) is 0 Å². The Balaban J connectivity index is 2.14. The van der Waals surface area contributed by atoms with Crippen LogP contribution in [0.3, 0.4) is 0 Å². The van der Waals surface area contributed by atoms with E-state index in [1.54, 1.807) is 7.11 Å². The van der Waals surface area contributed by atoms with Crippen LogP contribution in [0.25, 0.3) is 0 Å². The number of hydrogen-bond acceptors (Lipinski definition) is 5. The number of aromatic nitrogens is 2. The molecule has 0 aliphatic heterocycles. The number of rotatable bonds is 8. The number of nitrogens with one attached hydrogen (secondary N) is 2. The molecule has 2 N–H and O–H groups in total. The fraction of sp³-hybridized carbons (Fsp3) is 0.421. The van der Waals surface area contributed by atoms with Gasteiger partial charge < -0.3 is 25.0 Å². The van der Waals surface area contributed by atoms with E-state index < -0.39 is 11.5 Å². The number of amides is 1. The normalized spacial score (nSPS) is 10.7. The lowest BCUT2D eigenvalue weighted by Crippen LogP contribution is -2.45. The predicted molar refractivity (Wildman–Crippen MR) is 100 cm³/mol. The third-order valence-electron chi connectivity index (χ3n) is 4.00. The largest absolute Gasteiger partial charge is 0.616 e. The van der Waals surface area contributed by atoms with Gasteiger partial charge in [0.15, 0.2) is 0 Å². The van der Waals surface area contributed by atoms with Crippen molar-refractivity contribution in [2.75, 3.05) is 20.8 Å². The van der Waals surface area contributed by atoms with E-state index in [0.717, 1.165) is 11.3 Å². The van der Waals surface area contributed by atoms with Crippen molar-refractivity contribution in [3.8, 4) is 11.6 Å². The van der Waals surface area contributed by atoms with Crippen molar-refractivity contribution in [2.24, 2.45) is 5.92 Å². The first-order valence-corrected chi connectivity index (χ1v) is 8.71. The first-order chi connectivity index (χ1) is 12.9. The minimum atomic E-state index is -0.586. The summed E-state index contributed by atoms with van der Waals surface area (Å²) in [4.78, 5) is 27.1. The summed E-state index contributed by atoms with van der Waals surface area (Å²) in [6, 6.07) is 7.50. The topological polar surface area (TPSA) is 107 Å². The summed E-state index contributed by atoms with van der Waals surface area (Å²) in [6.45, 7) is 4.11. The molecule has 2 aromatic rings. The van der Waals surface area contributed by atoms with E-state index in [-0.39, 0.29) is 29.6 Å². The highest BCUT2D eigenvalue weighted by Crippen LogP contribution is 2.13. The molecule has 0 spiro atoms. The summed E-state index contributed by atoms with van der Waals surface area (Å²) >= 11 is 0. The Morgan fingerprint density at radius 2 is 2.04 bits per heavy atom. The van der Waals surface area contributed by atoms with Gasteiger partial charge in [-0.3, -0.25) is 9.59 Å². The Labute approximate surface area is 157 Å². The third kappa shape index (κ3) is 4.99. The maximum absolute atomic E-state index is 12.4. The molecule has 1 aromatic carbocycles. The number of ether oxygens (including phenoxy) is 2. The second-order valence-electron chi connectivity index (χ2n) is 6.53. The van der Waals surface area contributed by atoms with Gasteiger partial charge in [0.25, 0.3) is 11.6 Å². The molecule has 8 heteroatoms. The number of H-pyrrole nitrogens is 1. The summed E-state index contributed by atoms with van der Waals surface area (Å²) < 4.78 is 10.6. The number of carbonyl (C=O) groups excluding carboxylic acids is 1. The Hall–Kier alpha value is -3.03. The molecule has 0 aliphatic carbocycles. The van der Waals surface area contributed by atoms with E-state index in [1.807, 2.05) is 38.1 Å². The molecule has 1 heterocycles. The lowest BCUT2D eigenvalue weighted by molar-refractivity contribution is -0.622. The first-order valence-electron chi connectivity index (χ1n) is 8.71. The maximum Gasteiger partial charge on any atom is 0.409 e. The molecular formula is C19H25N3O5.